The third kappa shape index (κ3) is 2.54. The molecule has 0 aromatic carbocycles. The van der Waals surface area contributed by atoms with Gasteiger partial charge in [0.1, 0.15) is 6.23 Å². The van der Waals surface area contributed by atoms with Gasteiger partial charge in [-0.3, -0.25) is 14.3 Å². The average molecular weight is 265 g/mol. The molecule has 1 N–H and O–H groups in total. The van der Waals surface area contributed by atoms with Crippen LogP contribution in [0, 0.1) is 6.92 Å². The first-order chi connectivity index (χ1) is 9.06. The molecule has 1 saturated heterocycles. The van der Waals surface area contributed by atoms with E-state index < -0.39 is 17.5 Å². The molecule has 3 unspecified atom stereocenters. The Labute approximate surface area is 108 Å². The van der Waals surface area contributed by atoms with Crippen LogP contribution in [0.2, 0.25) is 0 Å². The maximum absolute atomic E-state index is 11.8. The van der Waals surface area contributed by atoms with Crippen molar-refractivity contribution in [1.29, 1.82) is 0 Å². The van der Waals surface area contributed by atoms with Crippen molar-refractivity contribution in [3.63, 3.8) is 0 Å². The van der Waals surface area contributed by atoms with E-state index in [1.807, 2.05) is 6.92 Å². The zero-order chi connectivity index (χ0) is 14.0. The topological polar surface area (TPSA) is 113 Å². The van der Waals surface area contributed by atoms with Gasteiger partial charge < -0.3 is 4.74 Å². The van der Waals surface area contributed by atoms with Crippen molar-refractivity contribution in [2.24, 2.45) is 5.11 Å². The van der Waals surface area contributed by atoms with Crippen LogP contribution < -0.4 is 11.2 Å². The number of hydrogen-bond donors (Lipinski definition) is 1. The molecule has 8 nitrogen and oxygen atoms in total. The van der Waals surface area contributed by atoms with Crippen LogP contribution in [-0.4, -0.2) is 21.7 Å². The fraction of sp³-hybridized carbons (Fsp3) is 0.636. The van der Waals surface area contributed by atoms with E-state index in [1.54, 1.807) is 6.92 Å². The van der Waals surface area contributed by atoms with Crippen LogP contribution >= 0.6 is 0 Å². The second-order valence-electron chi connectivity index (χ2n) is 4.52. The summed E-state index contributed by atoms with van der Waals surface area (Å²) in [6.07, 6.45) is 1.87. The number of aromatic amines is 1. The number of aryl methyl sites for hydroxylation is 1. The minimum atomic E-state index is -0.517. The van der Waals surface area contributed by atoms with Gasteiger partial charge in [-0.05, 0) is 18.9 Å². The summed E-state index contributed by atoms with van der Waals surface area (Å²) in [6, 6.07) is -0.292. The Bertz CT molecular complexity index is 628. The first-order valence-electron chi connectivity index (χ1n) is 6.08. The van der Waals surface area contributed by atoms with E-state index in [2.05, 4.69) is 15.0 Å². The monoisotopic (exact) mass is 265 g/mol. The molecule has 0 bridgehead atoms. The number of ether oxygens (including phenoxy) is 1. The summed E-state index contributed by atoms with van der Waals surface area (Å²) in [7, 11) is 0. The third-order valence-corrected chi connectivity index (χ3v) is 3.26. The molecule has 2 heterocycles. The predicted molar refractivity (Wildman–Crippen MR) is 67.8 cm³/mol. The van der Waals surface area contributed by atoms with Crippen molar-refractivity contribution >= 4 is 0 Å². The van der Waals surface area contributed by atoms with Gasteiger partial charge in [0.15, 0.2) is 0 Å². The fourth-order valence-corrected chi connectivity index (χ4v) is 2.24. The molecule has 1 aliphatic rings. The third-order valence-electron chi connectivity index (χ3n) is 3.26. The molecule has 8 heteroatoms. The zero-order valence-corrected chi connectivity index (χ0v) is 10.7. The molecule has 3 atom stereocenters. The van der Waals surface area contributed by atoms with Crippen molar-refractivity contribution in [2.75, 3.05) is 0 Å². The van der Waals surface area contributed by atoms with Gasteiger partial charge in [0.2, 0.25) is 0 Å². The van der Waals surface area contributed by atoms with Crippen LogP contribution in [0.15, 0.2) is 20.9 Å². The van der Waals surface area contributed by atoms with E-state index in [4.69, 9.17) is 10.3 Å². The summed E-state index contributed by atoms with van der Waals surface area (Å²) in [5, 5.41) is 3.69. The second kappa shape index (κ2) is 5.29. The molecule has 0 saturated carbocycles. The Kier molecular flexibility index (Phi) is 3.73. The number of aromatic nitrogens is 2. The SMILES string of the molecule is CCC1OC(n2cc(C)c(=O)[nH]c2=O)CC1N=[N+]=[N-]. The highest BCUT2D eigenvalue weighted by molar-refractivity contribution is 5.02. The molecule has 1 fully saturated rings. The summed E-state index contributed by atoms with van der Waals surface area (Å²) in [4.78, 5) is 28.1. The zero-order valence-electron chi connectivity index (χ0n) is 10.7. The Morgan fingerprint density at radius 1 is 1.63 bits per heavy atom. The number of hydrogen-bond acceptors (Lipinski definition) is 4. The molecule has 19 heavy (non-hydrogen) atoms. The predicted octanol–water partition coefficient (Wildman–Crippen LogP) is 1.22. The van der Waals surface area contributed by atoms with Gasteiger partial charge in [-0.25, -0.2) is 4.79 Å². The molecule has 2 rings (SSSR count). The van der Waals surface area contributed by atoms with E-state index in [9.17, 15) is 9.59 Å². The van der Waals surface area contributed by atoms with Crippen LogP contribution in [0.3, 0.4) is 0 Å². The van der Waals surface area contributed by atoms with Gasteiger partial charge >= 0.3 is 5.69 Å². The molecule has 0 aliphatic carbocycles. The second-order valence-corrected chi connectivity index (χ2v) is 4.52. The maximum Gasteiger partial charge on any atom is 0.330 e. The number of azide groups is 1. The summed E-state index contributed by atoms with van der Waals surface area (Å²) < 4.78 is 7.05. The Morgan fingerprint density at radius 3 is 3.00 bits per heavy atom. The van der Waals surface area contributed by atoms with Gasteiger partial charge in [-0.2, -0.15) is 0 Å². The van der Waals surface area contributed by atoms with E-state index >= 15 is 0 Å². The fourth-order valence-electron chi connectivity index (χ4n) is 2.24. The van der Waals surface area contributed by atoms with E-state index in [0.717, 1.165) is 0 Å². The Morgan fingerprint density at radius 2 is 2.37 bits per heavy atom. The van der Waals surface area contributed by atoms with E-state index in [1.165, 1.54) is 10.8 Å². The van der Waals surface area contributed by atoms with Crippen molar-refractivity contribution in [3.8, 4) is 0 Å². The van der Waals surface area contributed by atoms with Crippen LogP contribution in [0.25, 0.3) is 10.4 Å². The van der Waals surface area contributed by atoms with Gasteiger partial charge in [-0.15, -0.1) is 0 Å². The smallest absolute Gasteiger partial charge is 0.330 e. The minimum Gasteiger partial charge on any atom is -0.354 e. The number of rotatable bonds is 3. The summed E-state index contributed by atoms with van der Waals surface area (Å²) in [6.45, 7) is 3.54. The lowest BCUT2D eigenvalue weighted by Gasteiger charge is -2.15. The summed E-state index contributed by atoms with van der Waals surface area (Å²) in [5.41, 5.74) is 8.03. The van der Waals surface area contributed by atoms with E-state index in [0.29, 0.717) is 18.4 Å². The Balaban J connectivity index is 2.34. The average Bonchev–Trinajstić information content (AvgIpc) is 2.77. The standard InChI is InChI=1S/C11H15N5O3/c1-3-8-7(14-15-12)4-9(19-8)16-5-6(2)10(17)13-11(16)18/h5,7-9H,3-4H2,1-2H3,(H,13,17,18). The largest absolute Gasteiger partial charge is 0.354 e. The van der Waals surface area contributed by atoms with Gasteiger partial charge in [-0.1, -0.05) is 12.0 Å². The summed E-state index contributed by atoms with van der Waals surface area (Å²) in [5.74, 6) is 0. The van der Waals surface area contributed by atoms with Gasteiger partial charge in [0.25, 0.3) is 5.56 Å². The van der Waals surface area contributed by atoms with Crippen molar-refractivity contribution in [1.82, 2.24) is 9.55 Å². The molecule has 1 aromatic heterocycles. The normalized spacial score (nSPS) is 26.1. The lowest BCUT2D eigenvalue weighted by atomic mass is 10.1. The van der Waals surface area contributed by atoms with Crippen molar-refractivity contribution in [3.05, 3.63) is 43.0 Å². The molecule has 0 radical (unpaired) electrons. The van der Waals surface area contributed by atoms with Crippen LogP contribution in [0.1, 0.15) is 31.6 Å². The van der Waals surface area contributed by atoms with Gasteiger partial charge in [0.05, 0.1) is 12.1 Å². The first-order valence-corrected chi connectivity index (χ1v) is 6.08. The molecule has 1 aromatic rings. The van der Waals surface area contributed by atoms with Crippen LogP contribution in [0.4, 0.5) is 0 Å². The molecular formula is C11H15N5O3. The Hall–Kier alpha value is -2.05. The highest BCUT2D eigenvalue weighted by Crippen LogP contribution is 2.31. The summed E-state index contributed by atoms with van der Waals surface area (Å²) >= 11 is 0. The highest BCUT2D eigenvalue weighted by atomic mass is 16.5. The number of nitrogens with one attached hydrogen (secondary N) is 1. The molecule has 0 spiro atoms. The maximum atomic E-state index is 11.8. The van der Waals surface area contributed by atoms with Crippen LogP contribution in [0.5, 0.6) is 0 Å². The molecule has 1 aliphatic heterocycles. The van der Waals surface area contributed by atoms with Crippen LogP contribution in [-0.2, 0) is 4.74 Å². The van der Waals surface area contributed by atoms with Gasteiger partial charge in [0, 0.05) is 23.1 Å². The number of nitrogens with zero attached hydrogens (tertiary/aromatic N) is 4. The lowest BCUT2D eigenvalue weighted by Crippen LogP contribution is -2.33. The molecule has 102 valence electrons. The minimum absolute atomic E-state index is 0.208. The first kappa shape index (κ1) is 13.4. The van der Waals surface area contributed by atoms with E-state index in [-0.39, 0.29) is 12.1 Å². The molecule has 0 amide bonds. The molecular weight excluding hydrogens is 250 g/mol. The number of H-pyrrole nitrogens is 1. The lowest BCUT2D eigenvalue weighted by molar-refractivity contribution is -0.00417. The highest BCUT2D eigenvalue weighted by Gasteiger charge is 2.34. The van der Waals surface area contributed by atoms with Crippen molar-refractivity contribution < 1.29 is 4.74 Å². The quantitative estimate of drug-likeness (QED) is 0.503. The van der Waals surface area contributed by atoms with Crippen molar-refractivity contribution in [2.45, 2.75) is 45.1 Å².